The lowest BCUT2D eigenvalue weighted by Gasteiger charge is -2.13. The van der Waals surface area contributed by atoms with Gasteiger partial charge in [0.25, 0.3) is 0 Å². The number of nitrogens with zero attached hydrogens (tertiary/aromatic N) is 3. The molecule has 2 aromatic carbocycles. The fraction of sp³-hybridized carbons (Fsp3) is 0.174. The number of anilines is 1. The number of carbonyl (C=O) groups excluding carboxylic acids is 3. The highest BCUT2D eigenvalue weighted by atomic mass is 32.2. The highest BCUT2D eigenvalue weighted by Gasteiger charge is 2.38. The number of amidine groups is 1. The Kier molecular flexibility index (Phi) is 6.48. The van der Waals surface area contributed by atoms with Crippen LogP contribution >= 0.6 is 23.1 Å². The zero-order valence-electron chi connectivity index (χ0n) is 17.3. The van der Waals surface area contributed by atoms with Crippen molar-refractivity contribution in [2.24, 2.45) is 4.99 Å². The summed E-state index contributed by atoms with van der Waals surface area (Å²) in [7, 11) is 0. The van der Waals surface area contributed by atoms with Crippen LogP contribution in [0.1, 0.15) is 23.7 Å². The van der Waals surface area contributed by atoms with Crippen molar-refractivity contribution in [3.63, 3.8) is 0 Å². The van der Waals surface area contributed by atoms with Gasteiger partial charge >= 0.3 is 0 Å². The predicted octanol–water partition coefficient (Wildman–Crippen LogP) is 4.65. The molecule has 0 spiro atoms. The van der Waals surface area contributed by atoms with E-state index in [0.717, 1.165) is 10.2 Å². The van der Waals surface area contributed by atoms with Crippen LogP contribution in [-0.2, 0) is 9.59 Å². The van der Waals surface area contributed by atoms with Gasteiger partial charge in [0.1, 0.15) is 5.25 Å². The Labute approximate surface area is 193 Å². The van der Waals surface area contributed by atoms with Gasteiger partial charge < -0.3 is 5.32 Å². The second-order valence-electron chi connectivity index (χ2n) is 7.09. The summed E-state index contributed by atoms with van der Waals surface area (Å²) in [5, 5.41) is 3.27. The van der Waals surface area contributed by atoms with Crippen molar-refractivity contribution in [1.29, 1.82) is 0 Å². The highest BCUT2D eigenvalue weighted by Crippen LogP contribution is 2.34. The number of aliphatic imine (C=N–C) groups is 1. The summed E-state index contributed by atoms with van der Waals surface area (Å²) in [6, 6.07) is 14.4. The Bertz CT molecular complexity index is 1200. The molecular weight excluding hydrogens is 444 g/mol. The van der Waals surface area contributed by atoms with E-state index in [9.17, 15) is 14.4 Å². The normalized spacial score (nSPS) is 17.2. The topological polar surface area (TPSA) is 91.7 Å². The molecule has 0 radical (unpaired) electrons. The van der Waals surface area contributed by atoms with Gasteiger partial charge in [-0.25, -0.2) is 4.98 Å². The van der Waals surface area contributed by atoms with Gasteiger partial charge in [0.15, 0.2) is 11.0 Å². The first-order valence-corrected chi connectivity index (χ1v) is 11.6. The number of Topliss-reactive ketones (excluding diaryl/α,β-unsaturated/α-hetero) is 1. The number of rotatable bonds is 7. The zero-order valence-corrected chi connectivity index (χ0v) is 18.9. The number of hydrogen-bond acceptors (Lipinski definition) is 7. The van der Waals surface area contributed by atoms with E-state index >= 15 is 0 Å². The van der Waals surface area contributed by atoms with Crippen LogP contribution in [-0.4, -0.2) is 44.4 Å². The van der Waals surface area contributed by atoms with E-state index in [1.54, 1.807) is 30.3 Å². The average Bonchev–Trinajstić information content (AvgIpc) is 3.30. The maximum atomic E-state index is 12.9. The fourth-order valence-corrected chi connectivity index (χ4v) is 5.22. The van der Waals surface area contributed by atoms with Crippen LogP contribution < -0.4 is 5.32 Å². The number of amides is 2. The number of nitrogens with one attached hydrogen (secondary N) is 1. The molecule has 1 aliphatic rings. The minimum Gasteiger partial charge on any atom is -0.326 e. The molecule has 2 amide bonds. The van der Waals surface area contributed by atoms with E-state index in [4.69, 9.17) is 0 Å². The molecule has 1 unspecified atom stereocenters. The van der Waals surface area contributed by atoms with Gasteiger partial charge in [-0.3, -0.25) is 19.3 Å². The van der Waals surface area contributed by atoms with Crippen molar-refractivity contribution in [3.8, 4) is 0 Å². The number of thiazole rings is 1. The zero-order chi connectivity index (χ0) is 22.7. The lowest BCUT2D eigenvalue weighted by Crippen LogP contribution is -2.33. The Morgan fingerprint density at radius 2 is 1.97 bits per heavy atom. The van der Waals surface area contributed by atoms with Crippen molar-refractivity contribution >= 4 is 66.9 Å². The first-order valence-electron chi connectivity index (χ1n) is 9.88. The number of thioether (sulfide) groups is 1. The van der Waals surface area contributed by atoms with Gasteiger partial charge in [0, 0.05) is 24.2 Å². The molecule has 9 heteroatoms. The summed E-state index contributed by atoms with van der Waals surface area (Å²) < 4.78 is 1.02. The van der Waals surface area contributed by atoms with E-state index in [1.165, 1.54) is 34.9 Å². The Balaban J connectivity index is 1.48. The molecule has 0 saturated carbocycles. The van der Waals surface area contributed by atoms with Crippen LogP contribution in [0.15, 0.2) is 66.2 Å². The first kappa shape index (κ1) is 21.9. The minimum absolute atomic E-state index is 0.00443. The van der Waals surface area contributed by atoms with Gasteiger partial charge in [-0.1, -0.05) is 41.3 Å². The van der Waals surface area contributed by atoms with E-state index in [2.05, 4.69) is 21.9 Å². The van der Waals surface area contributed by atoms with E-state index in [0.29, 0.717) is 28.1 Å². The molecule has 1 atom stereocenters. The molecule has 1 aromatic heterocycles. The maximum Gasteiger partial charge on any atom is 0.242 e. The summed E-state index contributed by atoms with van der Waals surface area (Å²) in [6.45, 7) is 5.51. The number of aromatic nitrogens is 1. The van der Waals surface area contributed by atoms with Gasteiger partial charge in [-0.2, -0.15) is 4.99 Å². The van der Waals surface area contributed by atoms with Crippen molar-refractivity contribution in [1.82, 2.24) is 9.88 Å². The Morgan fingerprint density at radius 1 is 1.22 bits per heavy atom. The van der Waals surface area contributed by atoms with Crippen molar-refractivity contribution in [2.45, 2.75) is 18.6 Å². The number of fused-ring (bicyclic) bond motifs is 1. The number of para-hydroxylation sites is 1. The smallest absolute Gasteiger partial charge is 0.242 e. The number of ketones is 1. The first-order chi connectivity index (χ1) is 15.4. The monoisotopic (exact) mass is 464 g/mol. The van der Waals surface area contributed by atoms with Crippen LogP contribution in [0.4, 0.5) is 10.8 Å². The Morgan fingerprint density at radius 3 is 2.66 bits per heavy atom. The summed E-state index contributed by atoms with van der Waals surface area (Å²) >= 11 is 2.70. The second kappa shape index (κ2) is 9.46. The van der Waals surface area contributed by atoms with Crippen LogP contribution in [0.25, 0.3) is 10.2 Å². The van der Waals surface area contributed by atoms with Crippen LogP contribution in [0.2, 0.25) is 0 Å². The molecule has 162 valence electrons. The summed E-state index contributed by atoms with van der Waals surface area (Å²) in [6.07, 6.45) is 1.63. The van der Waals surface area contributed by atoms with E-state index in [1.807, 2.05) is 24.3 Å². The molecule has 0 aliphatic carbocycles. The maximum absolute atomic E-state index is 12.9. The molecule has 1 aliphatic heterocycles. The highest BCUT2D eigenvalue weighted by molar-refractivity contribution is 8.15. The average molecular weight is 465 g/mol. The van der Waals surface area contributed by atoms with Crippen LogP contribution in [0.5, 0.6) is 0 Å². The van der Waals surface area contributed by atoms with E-state index < -0.39 is 5.25 Å². The second-order valence-corrected chi connectivity index (χ2v) is 9.27. The van der Waals surface area contributed by atoms with Crippen molar-refractivity contribution < 1.29 is 14.4 Å². The quantitative estimate of drug-likeness (QED) is 0.406. The molecule has 2 heterocycles. The molecular formula is C23H20N4O3S2. The molecule has 1 saturated heterocycles. The molecule has 1 N–H and O–H groups in total. The van der Waals surface area contributed by atoms with Gasteiger partial charge in [0.2, 0.25) is 16.9 Å². The molecule has 3 aromatic rings. The third-order valence-electron chi connectivity index (χ3n) is 4.75. The molecule has 0 bridgehead atoms. The van der Waals surface area contributed by atoms with Crippen LogP contribution in [0, 0.1) is 0 Å². The number of carbonyl (C=O) groups is 3. The number of benzene rings is 2. The minimum atomic E-state index is -0.584. The van der Waals surface area contributed by atoms with E-state index in [-0.39, 0.29) is 24.0 Å². The van der Waals surface area contributed by atoms with Crippen molar-refractivity contribution in [2.75, 3.05) is 11.9 Å². The van der Waals surface area contributed by atoms with Gasteiger partial charge in [-0.05, 0) is 43.3 Å². The van der Waals surface area contributed by atoms with Crippen molar-refractivity contribution in [3.05, 3.63) is 66.7 Å². The molecule has 32 heavy (non-hydrogen) atoms. The van der Waals surface area contributed by atoms with Crippen LogP contribution in [0.3, 0.4) is 0 Å². The fourth-order valence-electron chi connectivity index (χ4n) is 3.18. The SMILES string of the molecule is C=CCN1C(=O)C(CC(=O)Nc2ccc(C(C)=O)cc2)SC1=Nc1nc2ccccc2s1. The van der Waals surface area contributed by atoms with Gasteiger partial charge in [0.05, 0.1) is 10.2 Å². The summed E-state index contributed by atoms with van der Waals surface area (Å²) in [4.78, 5) is 47.5. The standard InChI is InChI=1S/C23H20N4O3S2/c1-3-12-27-21(30)19(13-20(29)24-16-10-8-15(9-11-16)14(2)28)32-23(27)26-22-25-17-6-4-5-7-18(17)31-22/h3-11,19H,1,12-13H2,2H3,(H,24,29). The molecule has 1 fully saturated rings. The largest absolute Gasteiger partial charge is 0.326 e. The summed E-state index contributed by atoms with van der Waals surface area (Å²) in [5.74, 6) is -0.513. The van der Waals surface area contributed by atoms with Gasteiger partial charge in [-0.15, -0.1) is 6.58 Å². The third kappa shape index (κ3) is 4.79. The third-order valence-corrected chi connectivity index (χ3v) is 6.86. The predicted molar refractivity (Wildman–Crippen MR) is 130 cm³/mol. The lowest BCUT2D eigenvalue weighted by atomic mass is 10.1. The number of hydrogen-bond donors (Lipinski definition) is 1. The summed E-state index contributed by atoms with van der Waals surface area (Å²) in [5.41, 5.74) is 2.00. The molecule has 7 nitrogen and oxygen atoms in total. The lowest BCUT2D eigenvalue weighted by molar-refractivity contribution is -0.127. The molecule has 4 rings (SSSR count). The Hall–Kier alpha value is -3.30.